The SMILES string of the molecule is O=C(CN1CCOCC1)NCC[C@H]1CC[C@@H](NC(=O)Cc2ccccn2)[C@@H](CO)O1. The third-order valence-electron chi connectivity index (χ3n) is 5.47. The third kappa shape index (κ3) is 7.32. The van der Waals surface area contributed by atoms with Gasteiger partial charge in [-0.15, -0.1) is 0 Å². The van der Waals surface area contributed by atoms with Gasteiger partial charge in [0.05, 0.1) is 44.9 Å². The monoisotopic (exact) mass is 420 g/mol. The number of aliphatic hydroxyl groups is 1. The number of nitrogens with one attached hydrogen (secondary N) is 2. The molecule has 2 aliphatic heterocycles. The summed E-state index contributed by atoms with van der Waals surface area (Å²) in [6, 6.07) is 5.24. The number of carbonyl (C=O) groups is 2. The van der Waals surface area contributed by atoms with Gasteiger partial charge in [0.1, 0.15) is 6.10 Å². The molecule has 9 heteroatoms. The van der Waals surface area contributed by atoms with E-state index in [1.807, 2.05) is 18.2 Å². The Labute approximate surface area is 177 Å². The zero-order chi connectivity index (χ0) is 21.2. The van der Waals surface area contributed by atoms with Crippen LogP contribution in [0.4, 0.5) is 0 Å². The number of aliphatic hydroxyl groups excluding tert-OH is 1. The highest BCUT2D eigenvalue weighted by Crippen LogP contribution is 2.21. The fraction of sp³-hybridized carbons (Fsp3) is 0.667. The molecule has 0 spiro atoms. The fourth-order valence-corrected chi connectivity index (χ4v) is 3.83. The maximum Gasteiger partial charge on any atom is 0.234 e. The van der Waals surface area contributed by atoms with Gasteiger partial charge in [-0.3, -0.25) is 19.5 Å². The highest BCUT2D eigenvalue weighted by atomic mass is 16.5. The van der Waals surface area contributed by atoms with Crippen LogP contribution in [-0.4, -0.2) is 91.1 Å². The first-order valence-corrected chi connectivity index (χ1v) is 10.7. The summed E-state index contributed by atoms with van der Waals surface area (Å²) in [6.07, 6.45) is 3.55. The molecule has 30 heavy (non-hydrogen) atoms. The van der Waals surface area contributed by atoms with E-state index < -0.39 is 6.10 Å². The Bertz CT molecular complexity index is 669. The summed E-state index contributed by atoms with van der Waals surface area (Å²) in [4.78, 5) is 30.6. The molecule has 2 fully saturated rings. The van der Waals surface area contributed by atoms with Gasteiger partial charge in [-0.25, -0.2) is 0 Å². The summed E-state index contributed by atoms with van der Waals surface area (Å²) in [6.45, 7) is 3.67. The summed E-state index contributed by atoms with van der Waals surface area (Å²) in [5.41, 5.74) is 0.706. The third-order valence-corrected chi connectivity index (χ3v) is 5.47. The molecular formula is C21H32N4O5. The quantitative estimate of drug-likeness (QED) is 0.493. The van der Waals surface area contributed by atoms with Crippen LogP contribution in [0.25, 0.3) is 0 Å². The normalized spacial score (nSPS) is 24.9. The lowest BCUT2D eigenvalue weighted by molar-refractivity contribution is -0.129. The van der Waals surface area contributed by atoms with Crippen molar-refractivity contribution in [2.24, 2.45) is 0 Å². The van der Waals surface area contributed by atoms with Crippen molar-refractivity contribution in [1.29, 1.82) is 0 Å². The van der Waals surface area contributed by atoms with Crippen molar-refractivity contribution in [2.75, 3.05) is 46.0 Å². The van der Waals surface area contributed by atoms with Crippen molar-refractivity contribution in [3.63, 3.8) is 0 Å². The molecule has 2 saturated heterocycles. The smallest absolute Gasteiger partial charge is 0.234 e. The Hall–Kier alpha value is -2.07. The minimum Gasteiger partial charge on any atom is -0.394 e. The van der Waals surface area contributed by atoms with E-state index in [9.17, 15) is 14.7 Å². The van der Waals surface area contributed by atoms with Crippen LogP contribution >= 0.6 is 0 Å². The Morgan fingerprint density at radius 3 is 2.77 bits per heavy atom. The zero-order valence-electron chi connectivity index (χ0n) is 17.3. The largest absolute Gasteiger partial charge is 0.394 e. The van der Waals surface area contributed by atoms with Crippen molar-refractivity contribution in [1.82, 2.24) is 20.5 Å². The second-order valence-corrected chi connectivity index (χ2v) is 7.76. The number of aromatic nitrogens is 1. The predicted molar refractivity (Wildman–Crippen MR) is 110 cm³/mol. The Morgan fingerprint density at radius 2 is 2.03 bits per heavy atom. The van der Waals surface area contributed by atoms with E-state index in [1.54, 1.807) is 6.20 Å². The number of rotatable bonds is 9. The first-order valence-electron chi connectivity index (χ1n) is 10.7. The molecule has 1 aromatic heterocycles. The Balaban J connectivity index is 1.35. The van der Waals surface area contributed by atoms with Gasteiger partial charge in [-0.1, -0.05) is 6.07 Å². The molecule has 2 amide bonds. The van der Waals surface area contributed by atoms with Gasteiger partial charge in [0.2, 0.25) is 11.8 Å². The number of morpholine rings is 1. The topological polar surface area (TPSA) is 113 Å². The maximum absolute atomic E-state index is 12.3. The van der Waals surface area contributed by atoms with Crippen LogP contribution in [0.2, 0.25) is 0 Å². The molecule has 0 radical (unpaired) electrons. The molecule has 3 atom stereocenters. The second kappa shape index (κ2) is 11.9. The molecule has 3 rings (SSSR count). The van der Waals surface area contributed by atoms with E-state index in [2.05, 4.69) is 20.5 Å². The minimum absolute atomic E-state index is 0.00563. The van der Waals surface area contributed by atoms with Gasteiger partial charge in [0, 0.05) is 31.5 Å². The molecule has 166 valence electrons. The molecule has 0 bridgehead atoms. The molecule has 1 aromatic rings. The number of ether oxygens (including phenoxy) is 2. The number of amides is 2. The Morgan fingerprint density at radius 1 is 1.20 bits per heavy atom. The molecule has 2 aliphatic rings. The average molecular weight is 421 g/mol. The van der Waals surface area contributed by atoms with Crippen LogP contribution in [0.5, 0.6) is 0 Å². The average Bonchev–Trinajstić information content (AvgIpc) is 2.76. The molecule has 9 nitrogen and oxygen atoms in total. The van der Waals surface area contributed by atoms with Crippen molar-refractivity contribution < 1.29 is 24.2 Å². The summed E-state index contributed by atoms with van der Waals surface area (Å²) in [5.74, 6) is -0.124. The molecule has 0 saturated carbocycles. The fourth-order valence-electron chi connectivity index (χ4n) is 3.83. The van der Waals surface area contributed by atoms with Gasteiger partial charge < -0.3 is 25.2 Å². The van der Waals surface area contributed by atoms with Crippen LogP contribution in [-0.2, 0) is 25.5 Å². The van der Waals surface area contributed by atoms with E-state index in [1.165, 1.54) is 0 Å². The number of nitrogens with zero attached hydrogens (tertiary/aromatic N) is 2. The predicted octanol–water partition coefficient (Wildman–Crippen LogP) is -0.513. The molecule has 0 unspecified atom stereocenters. The van der Waals surface area contributed by atoms with Crippen molar-refractivity contribution in [3.8, 4) is 0 Å². The van der Waals surface area contributed by atoms with E-state index in [-0.39, 0.29) is 37.0 Å². The molecule has 3 heterocycles. The summed E-state index contributed by atoms with van der Waals surface area (Å²) in [5, 5.41) is 15.6. The summed E-state index contributed by atoms with van der Waals surface area (Å²) in [7, 11) is 0. The first kappa shape index (κ1) is 22.6. The van der Waals surface area contributed by atoms with Crippen molar-refractivity contribution in [3.05, 3.63) is 30.1 Å². The van der Waals surface area contributed by atoms with Gasteiger partial charge in [-0.2, -0.15) is 0 Å². The van der Waals surface area contributed by atoms with Crippen LogP contribution in [0, 0.1) is 0 Å². The van der Waals surface area contributed by atoms with Gasteiger partial charge in [0.25, 0.3) is 0 Å². The Kier molecular flexibility index (Phi) is 9.00. The van der Waals surface area contributed by atoms with Crippen molar-refractivity contribution >= 4 is 11.8 Å². The molecule has 3 N–H and O–H groups in total. The second-order valence-electron chi connectivity index (χ2n) is 7.76. The standard InChI is InChI=1S/C21H32N4O5/c26-15-19-18(24-20(27)13-16-3-1-2-7-22-16)5-4-17(30-19)6-8-23-21(28)14-25-9-11-29-12-10-25/h1-3,7,17-19,26H,4-6,8-15H2,(H,23,28)(H,24,27)/t17-,18-,19-/m1/s1. The summed E-state index contributed by atoms with van der Waals surface area (Å²) < 4.78 is 11.3. The van der Waals surface area contributed by atoms with E-state index >= 15 is 0 Å². The zero-order valence-corrected chi connectivity index (χ0v) is 17.3. The van der Waals surface area contributed by atoms with Crippen LogP contribution in [0.3, 0.4) is 0 Å². The molecule has 0 aliphatic carbocycles. The molecule has 0 aromatic carbocycles. The molecular weight excluding hydrogens is 388 g/mol. The van der Waals surface area contributed by atoms with Crippen molar-refractivity contribution in [2.45, 2.75) is 43.9 Å². The summed E-state index contributed by atoms with van der Waals surface area (Å²) >= 11 is 0. The van der Waals surface area contributed by atoms with Gasteiger partial charge >= 0.3 is 0 Å². The number of hydrogen-bond donors (Lipinski definition) is 3. The van der Waals surface area contributed by atoms with E-state index in [0.717, 1.165) is 25.9 Å². The van der Waals surface area contributed by atoms with Crippen LogP contribution in [0.15, 0.2) is 24.4 Å². The minimum atomic E-state index is -0.444. The maximum atomic E-state index is 12.3. The van der Waals surface area contributed by atoms with E-state index in [4.69, 9.17) is 9.47 Å². The highest BCUT2D eigenvalue weighted by Gasteiger charge is 2.31. The number of hydrogen-bond acceptors (Lipinski definition) is 7. The number of carbonyl (C=O) groups excluding carboxylic acids is 2. The lowest BCUT2D eigenvalue weighted by atomic mass is 9.97. The van der Waals surface area contributed by atoms with Crippen LogP contribution < -0.4 is 10.6 Å². The lowest BCUT2D eigenvalue weighted by Crippen LogP contribution is -2.51. The van der Waals surface area contributed by atoms with Gasteiger partial charge in [-0.05, 0) is 31.4 Å². The lowest BCUT2D eigenvalue weighted by Gasteiger charge is -2.36. The van der Waals surface area contributed by atoms with Crippen LogP contribution in [0.1, 0.15) is 25.0 Å². The number of pyridine rings is 1. The first-order chi connectivity index (χ1) is 14.6. The van der Waals surface area contributed by atoms with Gasteiger partial charge in [0.15, 0.2) is 0 Å². The highest BCUT2D eigenvalue weighted by molar-refractivity contribution is 5.78. The van der Waals surface area contributed by atoms with E-state index in [0.29, 0.717) is 38.4 Å².